The highest BCUT2D eigenvalue weighted by atomic mass is 32.1. The number of nitrogens with zero attached hydrogens (tertiary/aromatic N) is 1. The van der Waals surface area contributed by atoms with Crippen LogP contribution < -0.4 is 15.5 Å². The van der Waals surface area contributed by atoms with Crippen LogP contribution in [0.5, 0.6) is 0 Å². The molecule has 8 heteroatoms. The summed E-state index contributed by atoms with van der Waals surface area (Å²) in [6, 6.07) is 16.9. The number of halogens is 1. The van der Waals surface area contributed by atoms with Crippen LogP contribution in [0.25, 0.3) is 11.1 Å². The highest BCUT2D eigenvalue weighted by molar-refractivity contribution is 7.11. The van der Waals surface area contributed by atoms with E-state index >= 15 is 0 Å². The van der Waals surface area contributed by atoms with Crippen molar-refractivity contribution in [1.29, 1.82) is 0 Å². The highest BCUT2D eigenvalue weighted by Gasteiger charge is 2.32. The van der Waals surface area contributed by atoms with E-state index in [9.17, 15) is 14.0 Å². The minimum Gasteiger partial charge on any atom is -0.442 e. The number of ether oxygens (including phenoxy) is 1. The molecule has 1 aliphatic rings. The lowest BCUT2D eigenvalue weighted by Gasteiger charge is -2.15. The molecule has 1 aliphatic heterocycles. The fraction of sp³-hybridized carbons (Fsp3) is 0.308. The van der Waals surface area contributed by atoms with E-state index in [0.29, 0.717) is 11.3 Å². The van der Waals surface area contributed by atoms with E-state index in [4.69, 9.17) is 4.74 Å². The van der Waals surface area contributed by atoms with Crippen molar-refractivity contribution in [2.45, 2.75) is 39.5 Å². The topological polar surface area (TPSA) is 70.7 Å². The zero-order valence-electron chi connectivity index (χ0n) is 19.3. The van der Waals surface area contributed by atoms with Crippen LogP contribution >= 0.6 is 11.3 Å². The van der Waals surface area contributed by atoms with Gasteiger partial charge in [-0.15, -0.1) is 11.3 Å². The minimum atomic E-state index is -0.548. The Labute approximate surface area is 202 Å². The summed E-state index contributed by atoms with van der Waals surface area (Å²) in [6.07, 6.45) is 0.0480. The summed E-state index contributed by atoms with van der Waals surface area (Å²) < 4.78 is 20.2. The second kappa shape index (κ2) is 10.8. The molecule has 0 radical (unpaired) electrons. The van der Waals surface area contributed by atoms with Crippen LogP contribution in [0.15, 0.2) is 54.6 Å². The summed E-state index contributed by atoms with van der Waals surface area (Å²) in [5.74, 6) is -0.606. The smallest absolute Gasteiger partial charge is 0.414 e. The van der Waals surface area contributed by atoms with Gasteiger partial charge in [-0.2, -0.15) is 0 Å². The summed E-state index contributed by atoms with van der Waals surface area (Å²) in [6.45, 7) is 5.61. The van der Waals surface area contributed by atoms with E-state index in [1.54, 1.807) is 12.1 Å². The molecule has 34 heavy (non-hydrogen) atoms. The van der Waals surface area contributed by atoms with Gasteiger partial charge in [0.1, 0.15) is 11.9 Å². The van der Waals surface area contributed by atoms with Crippen LogP contribution in [0.4, 0.5) is 14.9 Å². The number of hydrogen-bond donors (Lipinski definition) is 2. The number of amides is 2. The Morgan fingerprint density at radius 3 is 2.56 bits per heavy atom. The third-order valence-corrected chi connectivity index (χ3v) is 6.91. The summed E-state index contributed by atoms with van der Waals surface area (Å²) in [5.41, 5.74) is 2.79. The monoisotopic (exact) mass is 481 g/mol. The Morgan fingerprint density at radius 1 is 1.12 bits per heavy atom. The van der Waals surface area contributed by atoms with Crippen LogP contribution in [0, 0.1) is 5.82 Å². The first-order chi connectivity index (χ1) is 16.4. The van der Waals surface area contributed by atoms with E-state index < -0.39 is 18.0 Å². The molecule has 6 nitrogen and oxygen atoms in total. The van der Waals surface area contributed by atoms with Gasteiger partial charge in [0.05, 0.1) is 18.8 Å². The molecular formula is C26H28FN3O3S. The number of thiophene rings is 1. The standard InChI is InChI=1S/C26H28FN3O3S/c1-3-22-9-10-23(34-22)15-28-13-18-4-6-19(7-5-18)24-11-8-20(12-25(24)27)30-16-21(33-26(30)32)14-29-17(2)31/h4-12,21,28H,3,13-16H2,1-2H3,(H,29,31)/t21-/m0/s1. The van der Waals surface area contributed by atoms with Crippen molar-refractivity contribution in [1.82, 2.24) is 10.6 Å². The van der Waals surface area contributed by atoms with Gasteiger partial charge < -0.3 is 15.4 Å². The molecule has 1 fully saturated rings. The van der Waals surface area contributed by atoms with Crippen LogP contribution in [0.3, 0.4) is 0 Å². The van der Waals surface area contributed by atoms with Crippen molar-refractivity contribution >= 4 is 29.0 Å². The van der Waals surface area contributed by atoms with E-state index in [1.807, 2.05) is 35.6 Å². The Hall–Kier alpha value is -3.23. The van der Waals surface area contributed by atoms with Crippen LogP contribution in [0.1, 0.15) is 29.2 Å². The molecule has 178 valence electrons. The van der Waals surface area contributed by atoms with Gasteiger partial charge in [0, 0.05) is 35.3 Å². The van der Waals surface area contributed by atoms with Gasteiger partial charge in [0.25, 0.3) is 0 Å². The van der Waals surface area contributed by atoms with Gasteiger partial charge in [0.2, 0.25) is 5.91 Å². The quantitative estimate of drug-likeness (QED) is 0.458. The van der Waals surface area contributed by atoms with Crippen LogP contribution in [-0.2, 0) is 29.0 Å². The number of hydrogen-bond acceptors (Lipinski definition) is 5. The van der Waals surface area contributed by atoms with Crippen molar-refractivity contribution in [3.63, 3.8) is 0 Å². The molecule has 2 amide bonds. The second-order valence-corrected chi connectivity index (χ2v) is 9.49. The molecule has 2 aromatic carbocycles. The lowest BCUT2D eigenvalue weighted by molar-refractivity contribution is -0.119. The molecule has 1 aromatic heterocycles. The molecule has 0 bridgehead atoms. The Balaban J connectivity index is 1.36. The second-order valence-electron chi connectivity index (χ2n) is 8.24. The fourth-order valence-electron chi connectivity index (χ4n) is 3.84. The van der Waals surface area contributed by atoms with Gasteiger partial charge in [-0.3, -0.25) is 9.69 Å². The Bertz CT molecular complexity index is 1160. The molecule has 0 spiro atoms. The van der Waals surface area contributed by atoms with Crippen molar-refractivity contribution in [3.05, 3.63) is 75.7 Å². The average Bonchev–Trinajstić information content (AvgIpc) is 3.44. The fourth-order valence-corrected chi connectivity index (χ4v) is 4.77. The van der Waals surface area contributed by atoms with Gasteiger partial charge >= 0.3 is 6.09 Å². The van der Waals surface area contributed by atoms with Gasteiger partial charge in [-0.1, -0.05) is 31.2 Å². The lowest BCUT2D eigenvalue weighted by Crippen LogP contribution is -2.33. The van der Waals surface area contributed by atoms with Crippen LogP contribution in [-0.4, -0.2) is 31.2 Å². The molecule has 1 saturated heterocycles. The molecule has 4 rings (SSSR count). The number of rotatable bonds is 9. The predicted octanol–water partition coefficient (Wildman–Crippen LogP) is 4.87. The Morgan fingerprint density at radius 2 is 1.88 bits per heavy atom. The first kappa shape index (κ1) is 23.9. The molecule has 0 unspecified atom stereocenters. The highest BCUT2D eigenvalue weighted by Crippen LogP contribution is 2.29. The lowest BCUT2D eigenvalue weighted by atomic mass is 10.0. The van der Waals surface area contributed by atoms with Crippen molar-refractivity contribution < 1.29 is 18.7 Å². The molecular weight excluding hydrogens is 453 g/mol. The van der Waals surface area contributed by atoms with Crippen LogP contribution in [0.2, 0.25) is 0 Å². The molecule has 3 aromatic rings. The van der Waals surface area contributed by atoms with E-state index in [0.717, 1.165) is 30.6 Å². The zero-order valence-corrected chi connectivity index (χ0v) is 20.1. The maximum atomic E-state index is 14.9. The maximum absolute atomic E-state index is 14.9. The third kappa shape index (κ3) is 5.81. The van der Waals surface area contributed by atoms with Crippen molar-refractivity contribution in [2.75, 3.05) is 18.0 Å². The van der Waals surface area contributed by atoms with E-state index in [-0.39, 0.29) is 19.0 Å². The number of nitrogens with one attached hydrogen (secondary N) is 2. The summed E-state index contributed by atoms with van der Waals surface area (Å²) in [7, 11) is 0. The van der Waals surface area contributed by atoms with Gasteiger partial charge in [-0.05, 0) is 47.9 Å². The largest absolute Gasteiger partial charge is 0.442 e. The SMILES string of the molecule is CCc1ccc(CNCc2ccc(-c3ccc(N4C[C@H](CNC(C)=O)OC4=O)cc3F)cc2)s1. The normalized spacial score (nSPS) is 15.4. The minimum absolute atomic E-state index is 0.195. The number of anilines is 1. The molecule has 0 aliphatic carbocycles. The predicted molar refractivity (Wildman–Crippen MR) is 132 cm³/mol. The van der Waals surface area contributed by atoms with E-state index in [2.05, 4.69) is 29.7 Å². The summed E-state index contributed by atoms with van der Waals surface area (Å²) >= 11 is 1.83. The number of aryl methyl sites for hydroxylation is 1. The van der Waals surface area contributed by atoms with E-state index in [1.165, 1.54) is 27.6 Å². The number of cyclic esters (lactones) is 1. The first-order valence-corrected chi connectivity index (χ1v) is 12.1. The number of carbonyl (C=O) groups is 2. The van der Waals surface area contributed by atoms with Gasteiger partial charge in [0.15, 0.2) is 0 Å². The number of benzene rings is 2. The van der Waals surface area contributed by atoms with Crippen molar-refractivity contribution in [3.8, 4) is 11.1 Å². The summed E-state index contributed by atoms with van der Waals surface area (Å²) in [5, 5.41) is 6.08. The summed E-state index contributed by atoms with van der Waals surface area (Å²) in [4.78, 5) is 27.4. The maximum Gasteiger partial charge on any atom is 0.414 e. The number of carbonyl (C=O) groups excluding carboxylic acids is 2. The molecule has 1 atom stereocenters. The van der Waals surface area contributed by atoms with Crippen molar-refractivity contribution in [2.24, 2.45) is 0 Å². The molecule has 2 N–H and O–H groups in total. The third-order valence-electron chi connectivity index (χ3n) is 5.68. The zero-order chi connectivity index (χ0) is 24.1. The Kier molecular flexibility index (Phi) is 7.59. The average molecular weight is 482 g/mol. The van der Waals surface area contributed by atoms with Gasteiger partial charge in [-0.25, -0.2) is 9.18 Å². The first-order valence-electron chi connectivity index (χ1n) is 11.3. The molecule has 2 heterocycles. The molecule has 0 saturated carbocycles.